The topological polar surface area (TPSA) is 76.5 Å². The molecule has 1 aliphatic heterocycles. The Morgan fingerprint density at radius 1 is 1.44 bits per heavy atom. The van der Waals surface area contributed by atoms with Crippen molar-refractivity contribution in [2.24, 2.45) is 0 Å². The van der Waals surface area contributed by atoms with Crippen LogP contribution in [0.4, 0.5) is 0 Å². The summed E-state index contributed by atoms with van der Waals surface area (Å²) in [5.74, 6) is 0.486. The van der Waals surface area contributed by atoms with Crippen LogP contribution in [0.25, 0.3) is 0 Å². The molecule has 0 radical (unpaired) electrons. The van der Waals surface area contributed by atoms with E-state index in [1.807, 2.05) is 35.9 Å². The predicted octanol–water partition coefficient (Wildman–Crippen LogP) is 1.81. The molecule has 3 rings (SSSR count). The molecule has 25 heavy (non-hydrogen) atoms. The van der Waals surface area contributed by atoms with Gasteiger partial charge in [-0.05, 0) is 25.3 Å². The second kappa shape index (κ2) is 7.79. The van der Waals surface area contributed by atoms with E-state index in [1.54, 1.807) is 22.4 Å². The number of carbonyl (C=O) groups excluding carboxylic acids is 2. The van der Waals surface area contributed by atoms with Crippen LogP contribution in [0.5, 0.6) is 0 Å². The Kier molecular flexibility index (Phi) is 5.50. The molecule has 0 aliphatic carbocycles. The maximum Gasteiger partial charge on any atom is 0.271 e. The van der Waals surface area contributed by atoms with Crippen LogP contribution >= 0.6 is 11.3 Å². The van der Waals surface area contributed by atoms with Gasteiger partial charge in [-0.1, -0.05) is 6.07 Å². The first-order chi connectivity index (χ1) is 12.1. The van der Waals surface area contributed by atoms with Gasteiger partial charge in [0.05, 0.1) is 12.6 Å². The van der Waals surface area contributed by atoms with Crippen LogP contribution < -0.4 is 5.32 Å². The number of aromatic nitrogens is 2. The van der Waals surface area contributed by atoms with E-state index in [2.05, 4.69) is 10.3 Å². The van der Waals surface area contributed by atoms with Crippen molar-refractivity contribution in [2.45, 2.75) is 33.0 Å². The summed E-state index contributed by atoms with van der Waals surface area (Å²) in [4.78, 5) is 31.9. The molecule has 1 aliphatic rings. The van der Waals surface area contributed by atoms with Gasteiger partial charge in [0.1, 0.15) is 18.1 Å². The number of nitrogens with zero attached hydrogens (tertiary/aromatic N) is 3. The van der Waals surface area contributed by atoms with Crippen molar-refractivity contribution in [2.75, 3.05) is 19.8 Å². The zero-order chi connectivity index (χ0) is 17.8. The van der Waals surface area contributed by atoms with Crippen molar-refractivity contribution in [3.63, 3.8) is 0 Å². The zero-order valence-electron chi connectivity index (χ0n) is 14.4. The summed E-state index contributed by atoms with van der Waals surface area (Å²) in [6.45, 7) is 6.09. The minimum absolute atomic E-state index is 0.0488. The van der Waals surface area contributed by atoms with Crippen LogP contribution in [-0.2, 0) is 22.6 Å². The first kappa shape index (κ1) is 17.6. The van der Waals surface area contributed by atoms with Gasteiger partial charge in [0.25, 0.3) is 5.91 Å². The first-order valence-electron chi connectivity index (χ1n) is 8.35. The molecule has 0 unspecified atom stereocenters. The number of hydrogen-bond donors (Lipinski definition) is 1. The molecule has 134 valence electrons. The van der Waals surface area contributed by atoms with Gasteiger partial charge in [-0.25, -0.2) is 4.98 Å². The molecule has 0 aromatic carbocycles. The fourth-order valence-corrected chi connectivity index (χ4v) is 3.53. The second-order valence-electron chi connectivity index (χ2n) is 5.84. The van der Waals surface area contributed by atoms with Crippen LogP contribution in [0.15, 0.2) is 23.7 Å². The largest absolute Gasteiger partial charge is 0.372 e. The van der Waals surface area contributed by atoms with Gasteiger partial charge in [-0.15, -0.1) is 11.3 Å². The average molecular weight is 362 g/mol. The normalized spacial score (nSPS) is 16.6. The van der Waals surface area contributed by atoms with Crippen LogP contribution in [0.1, 0.15) is 41.1 Å². The Morgan fingerprint density at radius 2 is 2.28 bits per heavy atom. The Morgan fingerprint density at radius 3 is 3.00 bits per heavy atom. The third-order valence-electron chi connectivity index (χ3n) is 4.22. The number of ether oxygens (including phenoxy) is 1. The molecule has 0 spiro atoms. The molecule has 1 atom stereocenters. The Balaban J connectivity index is 1.67. The minimum atomic E-state index is -0.199. The number of amides is 2. The van der Waals surface area contributed by atoms with Gasteiger partial charge in [-0.3, -0.25) is 9.59 Å². The average Bonchev–Trinajstić information content (AvgIpc) is 3.27. The number of rotatable bonds is 6. The number of thiophene rings is 1. The van der Waals surface area contributed by atoms with E-state index in [9.17, 15) is 9.59 Å². The van der Waals surface area contributed by atoms with Crippen molar-refractivity contribution in [3.8, 4) is 0 Å². The smallest absolute Gasteiger partial charge is 0.271 e. The Hall–Kier alpha value is -2.19. The van der Waals surface area contributed by atoms with Crippen LogP contribution in [0.2, 0.25) is 0 Å². The Labute approximate surface area is 150 Å². The maximum atomic E-state index is 12.3. The van der Waals surface area contributed by atoms with Gasteiger partial charge in [0.2, 0.25) is 5.91 Å². The fourth-order valence-electron chi connectivity index (χ4n) is 2.88. The number of nitrogens with one attached hydrogen (secondary N) is 1. The third kappa shape index (κ3) is 3.91. The van der Waals surface area contributed by atoms with Crippen molar-refractivity contribution >= 4 is 23.2 Å². The summed E-state index contributed by atoms with van der Waals surface area (Å²) >= 11 is 1.60. The van der Waals surface area contributed by atoms with E-state index in [1.165, 1.54) is 0 Å². The highest BCUT2D eigenvalue weighted by Gasteiger charge is 2.30. The summed E-state index contributed by atoms with van der Waals surface area (Å²) < 4.78 is 7.17. The molecule has 0 bridgehead atoms. The maximum absolute atomic E-state index is 12.3. The SMILES string of the molecule is CCOCC(=O)N1CCn2cc(C(=O)NCc3cccs3)nc2[C@@H]1C. The predicted molar refractivity (Wildman–Crippen MR) is 94.3 cm³/mol. The first-order valence-corrected chi connectivity index (χ1v) is 9.23. The molecule has 7 nitrogen and oxygen atoms in total. The second-order valence-corrected chi connectivity index (χ2v) is 6.87. The lowest BCUT2D eigenvalue weighted by atomic mass is 10.2. The summed E-state index contributed by atoms with van der Waals surface area (Å²) in [7, 11) is 0. The van der Waals surface area contributed by atoms with Gasteiger partial charge in [-0.2, -0.15) is 0 Å². The van der Waals surface area contributed by atoms with Crippen molar-refractivity contribution < 1.29 is 14.3 Å². The number of fused-ring (bicyclic) bond motifs is 1. The summed E-state index contributed by atoms with van der Waals surface area (Å²) in [6, 6.07) is 3.75. The molecule has 0 saturated heterocycles. The van der Waals surface area contributed by atoms with E-state index < -0.39 is 0 Å². The molecule has 0 saturated carbocycles. The van der Waals surface area contributed by atoms with Gasteiger partial charge in [0, 0.05) is 30.8 Å². The van der Waals surface area contributed by atoms with E-state index in [0.29, 0.717) is 31.9 Å². The van der Waals surface area contributed by atoms with Crippen molar-refractivity contribution in [1.82, 2.24) is 19.8 Å². The molecule has 8 heteroatoms. The molecule has 3 heterocycles. The summed E-state index contributed by atoms with van der Waals surface area (Å²) in [6.07, 6.45) is 1.76. The lowest BCUT2D eigenvalue weighted by Crippen LogP contribution is -2.42. The highest BCUT2D eigenvalue weighted by Crippen LogP contribution is 2.24. The van der Waals surface area contributed by atoms with Crippen LogP contribution in [-0.4, -0.2) is 46.0 Å². The summed E-state index contributed by atoms with van der Waals surface area (Å²) in [5.41, 5.74) is 0.387. The van der Waals surface area contributed by atoms with Gasteiger partial charge in [0.15, 0.2) is 0 Å². The molecule has 0 fully saturated rings. The molecule has 2 aromatic rings. The van der Waals surface area contributed by atoms with E-state index in [0.717, 1.165) is 10.7 Å². The standard InChI is InChI=1S/C17H22N4O3S/c1-3-24-11-15(22)21-7-6-20-10-14(19-16(20)12(21)2)17(23)18-9-13-5-4-8-25-13/h4-5,8,10,12H,3,6-7,9,11H2,1-2H3,(H,18,23)/t12-/m0/s1. The summed E-state index contributed by atoms with van der Waals surface area (Å²) in [5, 5.41) is 4.86. The van der Waals surface area contributed by atoms with Crippen LogP contribution in [0.3, 0.4) is 0 Å². The molecular weight excluding hydrogens is 340 g/mol. The van der Waals surface area contributed by atoms with Crippen LogP contribution in [0, 0.1) is 0 Å². The minimum Gasteiger partial charge on any atom is -0.372 e. The highest BCUT2D eigenvalue weighted by atomic mass is 32.1. The molecular formula is C17H22N4O3S. The van der Waals surface area contributed by atoms with Gasteiger partial charge >= 0.3 is 0 Å². The molecule has 2 aromatic heterocycles. The van der Waals surface area contributed by atoms with Crippen molar-refractivity contribution in [3.05, 3.63) is 40.1 Å². The molecule has 2 amide bonds. The van der Waals surface area contributed by atoms with E-state index in [-0.39, 0.29) is 24.5 Å². The van der Waals surface area contributed by atoms with Crippen molar-refractivity contribution in [1.29, 1.82) is 0 Å². The Bertz CT molecular complexity index is 741. The van der Waals surface area contributed by atoms with Gasteiger partial charge < -0.3 is 19.5 Å². The van der Waals surface area contributed by atoms with E-state index in [4.69, 9.17) is 4.74 Å². The fraction of sp³-hybridized carbons (Fsp3) is 0.471. The monoisotopic (exact) mass is 362 g/mol. The zero-order valence-corrected chi connectivity index (χ0v) is 15.2. The lowest BCUT2D eigenvalue weighted by Gasteiger charge is -2.33. The lowest BCUT2D eigenvalue weighted by molar-refractivity contribution is -0.139. The number of hydrogen-bond acceptors (Lipinski definition) is 5. The number of carbonyl (C=O) groups is 2. The number of imidazole rings is 1. The molecule has 1 N–H and O–H groups in total. The highest BCUT2D eigenvalue weighted by molar-refractivity contribution is 7.09. The third-order valence-corrected chi connectivity index (χ3v) is 5.09. The quantitative estimate of drug-likeness (QED) is 0.850. The van der Waals surface area contributed by atoms with E-state index >= 15 is 0 Å².